The maximum atomic E-state index is 13.4. The minimum Gasteiger partial charge on any atom is -0.481 e. The van der Waals surface area contributed by atoms with Gasteiger partial charge in [0.2, 0.25) is 5.91 Å². The molecule has 6 heteroatoms. The van der Waals surface area contributed by atoms with E-state index in [2.05, 4.69) is 11.1 Å². The molecule has 2 saturated heterocycles. The Morgan fingerprint density at radius 1 is 1.38 bits per heavy atom. The van der Waals surface area contributed by atoms with Crippen molar-refractivity contribution in [2.24, 2.45) is 11.3 Å². The molecule has 1 aromatic heterocycles. The predicted molar refractivity (Wildman–Crippen MR) is 92.4 cm³/mol. The smallest absolute Gasteiger partial charge is 0.310 e. The van der Waals surface area contributed by atoms with Gasteiger partial charge in [-0.25, -0.2) is 0 Å². The number of fused-ring (bicyclic) bond motifs is 6. The van der Waals surface area contributed by atoms with E-state index < -0.39 is 29.0 Å². The summed E-state index contributed by atoms with van der Waals surface area (Å²) in [6.45, 7) is 2.36. The van der Waals surface area contributed by atoms with E-state index in [-0.39, 0.29) is 11.9 Å². The summed E-state index contributed by atoms with van der Waals surface area (Å²) in [4.78, 5) is 30.7. The van der Waals surface area contributed by atoms with Crippen molar-refractivity contribution in [2.75, 3.05) is 6.54 Å². The van der Waals surface area contributed by atoms with Crippen molar-refractivity contribution < 1.29 is 19.4 Å². The van der Waals surface area contributed by atoms with Crippen molar-refractivity contribution in [3.05, 3.63) is 47.7 Å². The second-order valence-electron chi connectivity index (χ2n) is 7.97. The van der Waals surface area contributed by atoms with Crippen LogP contribution in [0.1, 0.15) is 24.2 Å². The number of ether oxygens (including phenoxy) is 1. The molecular formula is C20H18N2O4. The van der Waals surface area contributed by atoms with Gasteiger partial charge in [0, 0.05) is 23.1 Å². The standard InChI is InChI=1S/C20H18N2O4/c1-19-14(17(23)24)13-6-8-20(19,26-13)16-15-11(7-9-22(16)18(19)25)10-4-2-3-5-12(10)21-15/h2-6,8,13-14,16,21H,7,9H2,1H3,(H,23,24)/t13-,14+,16+,19+,20-/m1/s1. The fourth-order valence-electron chi connectivity index (χ4n) is 5.92. The molecule has 1 amide bonds. The fourth-order valence-corrected chi connectivity index (χ4v) is 5.92. The van der Waals surface area contributed by atoms with Gasteiger partial charge in [-0.15, -0.1) is 0 Å². The summed E-state index contributed by atoms with van der Waals surface area (Å²) in [5, 5.41) is 11.0. The average molecular weight is 350 g/mol. The zero-order chi connectivity index (χ0) is 17.8. The molecule has 0 saturated carbocycles. The number of para-hydroxylation sites is 1. The van der Waals surface area contributed by atoms with Crippen molar-refractivity contribution in [3.63, 3.8) is 0 Å². The van der Waals surface area contributed by atoms with Gasteiger partial charge >= 0.3 is 5.97 Å². The second-order valence-corrected chi connectivity index (χ2v) is 7.97. The first-order valence-corrected chi connectivity index (χ1v) is 8.99. The molecule has 1 spiro atoms. The molecule has 0 radical (unpaired) electrons. The third-order valence-electron chi connectivity index (χ3n) is 7.04. The zero-order valence-corrected chi connectivity index (χ0v) is 14.2. The highest BCUT2D eigenvalue weighted by Gasteiger charge is 2.79. The van der Waals surface area contributed by atoms with Crippen molar-refractivity contribution in [2.45, 2.75) is 31.1 Å². The molecule has 5 heterocycles. The van der Waals surface area contributed by atoms with Gasteiger partial charge in [0.1, 0.15) is 17.6 Å². The molecule has 26 heavy (non-hydrogen) atoms. The Morgan fingerprint density at radius 3 is 3.00 bits per heavy atom. The lowest BCUT2D eigenvalue weighted by molar-refractivity contribution is -0.152. The maximum absolute atomic E-state index is 13.4. The summed E-state index contributed by atoms with van der Waals surface area (Å²) in [5.74, 6) is -1.92. The Morgan fingerprint density at radius 2 is 2.19 bits per heavy atom. The third kappa shape index (κ3) is 1.28. The quantitative estimate of drug-likeness (QED) is 0.771. The van der Waals surface area contributed by atoms with Gasteiger partial charge in [-0.2, -0.15) is 0 Å². The van der Waals surface area contributed by atoms with E-state index in [0.717, 1.165) is 17.6 Å². The molecule has 2 bridgehead atoms. The summed E-state index contributed by atoms with van der Waals surface area (Å²) in [6, 6.07) is 7.83. The molecule has 2 N–H and O–H groups in total. The van der Waals surface area contributed by atoms with Crippen LogP contribution in [0.4, 0.5) is 0 Å². The zero-order valence-electron chi connectivity index (χ0n) is 14.2. The molecule has 6 rings (SSSR count). The number of aromatic nitrogens is 1. The van der Waals surface area contributed by atoms with Crippen LogP contribution in [-0.4, -0.2) is 45.1 Å². The predicted octanol–water partition coefficient (Wildman–Crippen LogP) is 2.02. The van der Waals surface area contributed by atoms with Gasteiger partial charge in [-0.05, 0) is 25.0 Å². The second kappa shape index (κ2) is 4.20. The minimum atomic E-state index is -1.08. The van der Waals surface area contributed by atoms with Gasteiger partial charge < -0.3 is 19.7 Å². The Kier molecular flexibility index (Phi) is 2.35. The van der Waals surface area contributed by atoms with Crippen LogP contribution in [0.2, 0.25) is 0 Å². The lowest BCUT2D eigenvalue weighted by Crippen LogP contribution is -2.49. The van der Waals surface area contributed by atoms with Crippen LogP contribution in [0.25, 0.3) is 10.9 Å². The summed E-state index contributed by atoms with van der Waals surface area (Å²) in [6.07, 6.45) is 3.99. The molecule has 4 aliphatic rings. The van der Waals surface area contributed by atoms with Gasteiger partial charge in [0.15, 0.2) is 0 Å². The molecule has 2 aromatic rings. The largest absolute Gasteiger partial charge is 0.481 e. The molecule has 0 unspecified atom stereocenters. The number of aromatic amines is 1. The van der Waals surface area contributed by atoms with Gasteiger partial charge in [0.05, 0.1) is 11.5 Å². The van der Waals surface area contributed by atoms with E-state index in [9.17, 15) is 14.7 Å². The monoisotopic (exact) mass is 350 g/mol. The van der Waals surface area contributed by atoms with Crippen molar-refractivity contribution >= 4 is 22.8 Å². The molecular weight excluding hydrogens is 332 g/mol. The number of benzene rings is 1. The Balaban J connectivity index is 1.63. The number of nitrogens with one attached hydrogen (secondary N) is 1. The van der Waals surface area contributed by atoms with Crippen molar-refractivity contribution in [1.82, 2.24) is 9.88 Å². The van der Waals surface area contributed by atoms with E-state index in [1.54, 1.807) is 6.92 Å². The number of rotatable bonds is 1. The van der Waals surface area contributed by atoms with Crippen LogP contribution in [0, 0.1) is 11.3 Å². The van der Waals surface area contributed by atoms with E-state index in [1.807, 2.05) is 35.3 Å². The van der Waals surface area contributed by atoms with Gasteiger partial charge in [-0.3, -0.25) is 9.59 Å². The first-order chi connectivity index (χ1) is 12.5. The molecule has 4 aliphatic heterocycles. The van der Waals surface area contributed by atoms with E-state index in [1.165, 1.54) is 10.9 Å². The van der Waals surface area contributed by atoms with Crippen LogP contribution in [0.5, 0.6) is 0 Å². The minimum absolute atomic E-state index is 0.106. The van der Waals surface area contributed by atoms with Crippen molar-refractivity contribution in [3.8, 4) is 0 Å². The molecule has 132 valence electrons. The molecule has 0 aliphatic carbocycles. The number of hydrogen-bond acceptors (Lipinski definition) is 3. The number of carboxylic acids is 1. The number of carboxylic acid groups (broad SMARTS) is 1. The first kappa shape index (κ1) is 14.6. The van der Waals surface area contributed by atoms with Crippen LogP contribution >= 0.6 is 0 Å². The first-order valence-electron chi connectivity index (χ1n) is 8.99. The van der Waals surface area contributed by atoms with E-state index in [4.69, 9.17) is 4.74 Å². The highest BCUT2D eigenvalue weighted by molar-refractivity contribution is 5.96. The fraction of sp³-hybridized carbons (Fsp3) is 0.400. The number of amides is 1. The summed E-state index contributed by atoms with van der Waals surface area (Å²) in [7, 11) is 0. The summed E-state index contributed by atoms with van der Waals surface area (Å²) in [5.41, 5.74) is 1.25. The SMILES string of the molecule is C[C@]12C(=O)N3CCc4c([nH]c5ccccc45)[C@H]3[C@]13C=C[C@@H](O3)[C@H]2C(=O)O. The highest BCUT2D eigenvalue weighted by Crippen LogP contribution is 2.67. The number of hydrogen-bond donors (Lipinski definition) is 2. The molecule has 5 atom stereocenters. The lowest BCUT2D eigenvalue weighted by atomic mass is 9.62. The maximum Gasteiger partial charge on any atom is 0.310 e. The Labute approximate surface area is 149 Å². The van der Waals surface area contributed by atoms with Crippen LogP contribution in [0.15, 0.2) is 36.4 Å². The van der Waals surface area contributed by atoms with Gasteiger partial charge in [-0.1, -0.05) is 30.4 Å². The van der Waals surface area contributed by atoms with Crippen LogP contribution in [-0.2, 0) is 20.7 Å². The number of H-pyrrole nitrogens is 1. The number of carbonyl (C=O) groups excluding carboxylic acids is 1. The normalized spacial score (nSPS) is 39.3. The topological polar surface area (TPSA) is 82.6 Å². The lowest BCUT2D eigenvalue weighted by Gasteiger charge is -2.38. The summed E-state index contributed by atoms with van der Waals surface area (Å²) >= 11 is 0. The highest BCUT2D eigenvalue weighted by atomic mass is 16.5. The third-order valence-corrected chi connectivity index (χ3v) is 7.04. The number of carbonyl (C=O) groups is 2. The van der Waals surface area contributed by atoms with Crippen LogP contribution < -0.4 is 0 Å². The summed E-state index contributed by atoms with van der Waals surface area (Å²) < 4.78 is 6.28. The average Bonchev–Trinajstić information content (AvgIpc) is 3.31. The van der Waals surface area contributed by atoms with E-state index >= 15 is 0 Å². The Hall–Kier alpha value is -2.60. The number of nitrogens with zero attached hydrogens (tertiary/aromatic N) is 1. The molecule has 1 aromatic carbocycles. The molecule has 2 fully saturated rings. The molecule has 6 nitrogen and oxygen atoms in total. The Bertz CT molecular complexity index is 1040. The van der Waals surface area contributed by atoms with Crippen molar-refractivity contribution in [1.29, 1.82) is 0 Å². The van der Waals surface area contributed by atoms with E-state index in [0.29, 0.717) is 6.54 Å². The van der Waals surface area contributed by atoms with Crippen LogP contribution in [0.3, 0.4) is 0 Å². The number of aliphatic carboxylic acids is 1. The van der Waals surface area contributed by atoms with Gasteiger partial charge in [0.25, 0.3) is 0 Å².